The van der Waals surface area contributed by atoms with E-state index in [1.807, 2.05) is 0 Å². The minimum absolute atomic E-state index is 0.0463. The fourth-order valence-corrected chi connectivity index (χ4v) is 3.22. The maximum atomic E-state index is 12.0. The first-order valence-electron chi connectivity index (χ1n) is 8.69. The number of oxime groups is 1. The fourth-order valence-electron chi connectivity index (χ4n) is 1.95. The van der Waals surface area contributed by atoms with Gasteiger partial charge in [-0.15, -0.1) is 0 Å². The highest BCUT2D eigenvalue weighted by Gasteiger charge is 2.42. The van der Waals surface area contributed by atoms with Gasteiger partial charge in [0.15, 0.2) is 14.2 Å². The second-order valence-electron chi connectivity index (χ2n) is 7.60. The van der Waals surface area contributed by atoms with E-state index in [1.54, 1.807) is 0 Å². The molecule has 0 aliphatic heterocycles. The molecule has 0 rings (SSSR count). The van der Waals surface area contributed by atoms with E-state index in [0.29, 0.717) is 6.42 Å². The molecule has 0 spiro atoms. The lowest BCUT2D eigenvalue weighted by atomic mass is 10.0. The first kappa shape index (κ1) is 23.5. The van der Waals surface area contributed by atoms with Gasteiger partial charge in [-0.25, -0.2) is 4.79 Å². The molecular formula is C17H35N3O4Si. The zero-order valence-corrected chi connectivity index (χ0v) is 17.5. The second-order valence-corrected chi connectivity index (χ2v) is 12.4. The van der Waals surface area contributed by atoms with Crippen molar-refractivity contribution in [3.8, 4) is 0 Å². The third-order valence-corrected chi connectivity index (χ3v) is 8.96. The van der Waals surface area contributed by atoms with Crippen LogP contribution in [0.5, 0.6) is 0 Å². The lowest BCUT2D eigenvalue weighted by molar-refractivity contribution is 0.134. The maximum Gasteiger partial charge on any atom is 0.407 e. The number of carbonyl (C=O) groups excluding carboxylic acids is 1. The van der Waals surface area contributed by atoms with Crippen LogP contribution < -0.4 is 11.1 Å². The van der Waals surface area contributed by atoms with Crippen LogP contribution in [0.15, 0.2) is 17.8 Å². The molecule has 1 amide bonds. The van der Waals surface area contributed by atoms with Crippen molar-refractivity contribution in [1.29, 1.82) is 0 Å². The number of amides is 1. The topological polar surface area (TPSA) is 106 Å². The van der Waals surface area contributed by atoms with E-state index in [2.05, 4.69) is 57.8 Å². The Labute approximate surface area is 152 Å². The SMILES string of the molecule is C=CCOC(=O)NC(CCCC)C(O[Si](C)(C)C(C)(C)C)C(N)=NO. The molecule has 4 N–H and O–H groups in total. The number of unbranched alkanes of at least 4 members (excludes halogenated alkanes) is 1. The highest BCUT2D eigenvalue weighted by molar-refractivity contribution is 6.74. The van der Waals surface area contributed by atoms with Gasteiger partial charge < -0.3 is 25.4 Å². The van der Waals surface area contributed by atoms with Crippen LogP contribution in [-0.2, 0) is 9.16 Å². The van der Waals surface area contributed by atoms with Crippen LogP contribution in [0.25, 0.3) is 0 Å². The first-order chi connectivity index (χ1) is 11.5. The monoisotopic (exact) mass is 373 g/mol. The Hall–Kier alpha value is -1.54. The van der Waals surface area contributed by atoms with Gasteiger partial charge in [-0.05, 0) is 24.6 Å². The van der Waals surface area contributed by atoms with Crippen molar-refractivity contribution in [2.24, 2.45) is 10.9 Å². The maximum absolute atomic E-state index is 12.0. The minimum atomic E-state index is -2.21. The number of ether oxygens (including phenoxy) is 1. The van der Waals surface area contributed by atoms with E-state index in [4.69, 9.17) is 14.9 Å². The van der Waals surface area contributed by atoms with E-state index in [-0.39, 0.29) is 17.5 Å². The number of nitrogens with zero attached hydrogens (tertiary/aromatic N) is 1. The number of nitrogens with one attached hydrogen (secondary N) is 1. The second kappa shape index (κ2) is 10.4. The molecule has 0 fully saturated rings. The number of alkyl carbamates (subject to hydrolysis) is 1. The Morgan fingerprint density at radius 3 is 2.48 bits per heavy atom. The van der Waals surface area contributed by atoms with Gasteiger partial charge in [-0.2, -0.15) is 0 Å². The lowest BCUT2D eigenvalue weighted by Gasteiger charge is -2.41. The smallest absolute Gasteiger partial charge is 0.407 e. The third-order valence-electron chi connectivity index (χ3n) is 4.50. The van der Waals surface area contributed by atoms with Crippen molar-refractivity contribution in [2.75, 3.05) is 6.61 Å². The van der Waals surface area contributed by atoms with Gasteiger partial charge in [0.05, 0.1) is 6.04 Å². The number of rotatable bonds is 10. The summed E-state index contributed by atoms with van der Waals surface area (Å²) in [5, 5.41) is 15.1. The van der Waals surface area contributed by atoms with Crippen molar-refractivity contribution < 1.29 is 19.2 Å². The van der Waals surface area contributed by atoms with Crippen LogP contribution in [0.4, 0.5) is 4.79 Å². The molecule has 2 unspecified atom stereocenters. The largest absolute Gasteiger partial charge is 0.445 e. The number of carbonyl (C=O) groups is 1. The van der Waals surface area contributed by atoms with Crippen molar-refractivity contribution in [1.82, 2.24) is 5.32 Å². The fraction of sp³-hybridized carbons (Fsp3) is 0.765. The third kappa shape index (κ3) is 7.92. The molecule has 0 saturated heterocycles. The molecule has 0 radical (unpaired) electrons. The van der Waals surface area contributed by atoms with Gasteiger partial charge in [0, 0.05) is 0 Å². The van der Waals surface area contributed by atoms with Crippen LogP contribution in [-0.4, -0.2) is 44.2 Å². The van der Waals surface area contributed by atoms with E-state index in [1.165, 1.54) is 6.08 Å². The molecule has 7 nitrogen and oxygen atoms in total. The summed E-state index contributed by atoms with van der Waals surface area (Å²) in [5.41, 5.74) is 5.91. The molecule has 0 aliphatic rings. The predicted molar refractivity (Wildman–Crippen MR) is 103 cm³/mol. The molecule has 0 saturated carbocycles. The van der Waals surface area contributed by atoms with E-state index in [0.717, 1.165) is 12.8 Å². The highest BCUT2D eigenvalue weighted by atomic mass is 28.4. The first-order valence-corrected chi connectivity index (χ1v) is 11.6. The summed E-state index contributed by atoms with van der Waals surface area (Å²) < 4.78 is 11.4. The molecule has 0 aromatic carbocycles. The molecule has 8 heteroatoms. The van der Waals surface area contributed by atoms with Crippen LogP contribution in [0.3, 0.4) is 0 Å². The molecule has 0 bridgehead atoms. The van der Waals surface area contributed by atoms with Gasteiger partial charge in [0.2, 0.25) is 0 Å². The molecule has 146 valence electrons. The number of amidine groups is 1. The van der Waals surface area contributed by atoms with Crippen molar-refractivity contribution in [3.63, 3.8) is 0 Å². The zero-order valence-electron chi connectivity index (χ0n) is 16.5. The molecular weight excluding hydrogens is 338 g/mol. The van der Waals surface area contributed by atoms with E-state index < -0.39 is 26.6 Å². The predicted octanol–water partition coefficient (Wildman–Crippen LogP) is 3.59. The summed E-state index contributed by atoms with van der Waals surface area (Å²) in [4.78, 5) is 12.0. The average Bonchev–Trinajstić information content (AvgIpc) is 2.52. The summed E-state index contributed by atoms with van der Waals surface area (Å²) >= 11 is 0. The normalized spacial score (nSPS) is 15.4. The minimum Gasteiger partial charge on any atom is -0.445 e. The quantitative estimate of drug-likeness (QED) is 0.135. The van der Waals surface area contributed by atoms with E-state index in [9.17, 15) is 10.0 Å². The Morgan fingerprint density at radius 1 is 1.44 bits per heavy atom. The summed E-state index contributed by atoms with van der Waals surface area (Å²) in [7, 11) is -2.21. The van der Waals surface area contributed by atoms with Gasteiger partial charge in [0.1, 0.15) is 12.7 Å². The Bertz CT molecular complexity index is 461. The summed E-state index contributed by atoms with van der Waals surface area (Å²) in [6.45, 7) is 16.2. The zero-order chi connectivity index (χ0) is 19.7. The van der Waals surface area contributed by atoms with Gasteiger partial charge in [0.25, 0.3) is 0 Å². The lowest BCUT2D eigenvalue weighted by Crippen LogP contribution is -2.56. The van der Waals surface area contributed by atoms with E-state index >= 15 is 0 Å². The number of hydrogen-bond acceptors (Lipinski definition) is 5. The number of nitrogens with two attached hydrogens (primary N) is 1. The van der Waals surface area contributed by atoms with Gasteiger partial charge in [-0.3, -0.25) is 0 Å². The molecule has 0 aromatic rings. The van der Waals surface area contributed by atoms with Crippen LogP contribution >= 0.6 is 0 Å². The van der Waals surface area contributed by atoms with Crippen molar-refractivity contribution >= 4 is 20.2 Å². The van der Waals surface area contributed by atoms with Crippen LogP contribution in [0.1, 0.15) is 47.0 Å². The Morgan fingerprint density at radius 2 is 2.04 bits per heavy atom. The van der Waals surface area contributed by atoms with Crippen LogP contribution in [0.2, 0.25) is 18.1 Å². The Kier molecular flexibility index (Phi) is 9.80. The average molecular weight is 374 g/mol. The summed E-state index contributed by atoms with van der Waals surface area (Å²) in [6, 6.07) is -0.442. The standard InChI is InChI=1S/C17H35N3O4Si/c1-8-10-11-13(19-16(21)23-12-9-2)14(15(18)20-22)24-25(6,7)17(3,4)5/h9,13-14,22H,2,8,10-12H2,1,3-7H3,(H2,18,20)(H,19,21). The van der Waals surface area contributed by atoms with Crippen molar-refractivity contribution in [2.45, 2.75) is 77.2 Å². The number of hydrogen-bond donors (Lipinski definition) is 3. The molecule has 0 aromatic heterocycles. The van der Waals surface area contributed by atoms with Crippen molar-refractivity contribution in [3.05, 3.63) is 12.7 Å². The summed E-state index contributed by atoms with van der Waals surface area (Å²) in [6.07, 6.45) is 2.65. The molecule has 25 heavy (non-hydrogen) atoms. The molecule has 0 heterocycles. The molecule has 0 aliphatic carbocycles. The molecule has 2 atom stereocenters. The highest BCUT2D eigenvalue weighted by Crippen LogP contribution is 2.37. The van der Waals surface area contributed by atoms with Gasteiger partial charge >= 0.3 is 6.09 Å². The summed E-state index contributed by atoms with van der Waals surface area (Å²) in [5.74, 6) is -0.0463. The Balaban J connectivity index is 5.47. The van der Waals surface area contributed by atoms with Crippen LogP contribution in [0, 0.1) is 0 Å². The van der Waals surface area contributed by atoms with Gasteiger partial charge in [-0.1, -0.05) is 58.3 Å².